The molecule has 2 aliphatic rings. The number of amides is 3. The van der Waals surface area contributed by atoms with Crippen molar-refractivity contribution in [2.45, 2.75) is 44.3 Å². The van der Waals surface area contributed by atoms with E-state index in [1.807, 2.05) is 30.3 Å². The van der Waals surface area contributed by atoms with Crippen LogP contribution in [-0.2, 0) is 11.3 Å². The zero-order valence-electron chi connectivity index (χ0n) is 15.3. The first kappa shape index (κ1) is 20.5. The molecule has 2 heterocycles. The van der Waals surface area contributed by atoms with E-state index in [0.717, 1.165) is 37.9 Å². The van der Waals surface area contributed by atoms with Crippen LogP contribution in [0.2, 0.25) is 0 Å². The number of carbonyl (C=O) groups excluding carboxylic acids is 2. The first-order chi connectivity index (χ1) is 12.1. The van der Waals surface area contributed by atoms with E-state index < -0.39 is 0 Å². The summed E-state index contributed by atoms with van der Waals surface area (Å²) in [5, 5.41) is 6.27. The van der Waals surface area contributed by atoms with E-state index in [9.17, 15) is 9.59 Å². The Morgan fingerprint density at radius 3 is 2.69 bits per heavy atom. The molecule has 2 atom stereocenters. The van der Waals surface area contributed by atoms with E-state index in [4.69, 9.17) is 0 Å². The average molecular weight is 381 g/mol. The number of nitrogens with zero attached hydrogens (tertiary/aromatic N) is 2. The van der Waals surface area contributed by atoms with Gasteiger partial charge >= 0.3 is 6.03 Å². The molecule has 0 aromatic heterocycles. The summed E-state index contributed by atoms with van der Waals surface area (Å²) in [5.74, 6) is 0.169. The number of hydrogen-bond donors (Lipinski definition) is 2. The lowest BCUT2D eigenvalue weighted by molar-refractivity contribution is -0.133. The van der Waals surface area contributed by atoms with Crippen LogP contribution in [0.1, 0.15) is 31.2 Å². The van der Waals surface area contributed by atoms with Gasteiger partial charge in [0.25, 0.3) is 0 Å². The Labute approximate surface area is 161 Å². The molecule has 7 heteroatoms. The summed E-state index contributed by atoms with van der Waals surface area (Å²) in [4.78, 5) is 28.5. The molecule has 0 radical (unpaired) electrons. The minimum absolute atomic E-state index is 0. The van der Waals surface area contributed by atoms with E-state index in [1.54, 1.807) is 11.9 Å². The van der Waals surface area contributed by atoms with Crippen LogP contribution in [-0.4, -0.2) is 60.5 Å². The van der Waals surface area contributed by atoms with Crippen molar-refractivity contribution < 1.29 is 9.59 Å². The van der Waals surface area contributed by atoms with Gasteiger partial charge in [0.1, 0.15) is 0 Å². The Morgan fingerprint density at radius 1 is 1.19 bits per heavy atom. The van der Waals surface area contributed by atoms with Crippen LogP contribution < -0.4 is 10.6 Å². The van der Waals surface area contributed by atoms with Gasteiger partial charge in [0.2, 0.25) is 5.91 Å². The molecule has 0 saturated carbocycles. The van der Waals surface area contributed by atoms with Crippen LogP contribution in [0.25, 0.3) is 0 Å². The van der Waals surface area contributed by atoms with Crippen molar-refractivity contribution in [3.05, 3.63) is 35.9 Å². The van der Waals surface area contributed by atoms with E-state index in [-0.39, 0.29) is 24.3 Å². The normalized spacial score (nSPS) is 21.5. The Balaban J connectivity index is 0.00000243. The average Bonchev–Trinajstić information content (AvgIpc) is 2.88. The van der Waals surface area contributed by atoms with Crippen LogP contribution in [0.15, 0.2) is 30.3 Å². The van der Waals surface area contributed by atoms with Gasteiger partial charge in [-0.25, -0.2) is 4.79 Å². The Kier molecular flexibility index (Phi) is 7.72. The van der Waals surface area contributed by atoms with Crippen LogP contribution in [0.3, 0.4) is 0 Å². The maximum absolute atomic E-state index is 12.6. The summed E-state index contributed by atoms with van der Waals surface area (Å²) in [6, 6.07) is 10.4. The van der Waals surface area contributed by atoms with Crippen molar-refractivity contribution in [2.75, 3.05) is 26.7 Å². The molecule has 2 unspecified atom stereocenters. The van der Waals surface area contributed by atoms with Crippen LogP contribution in [0, 0.1) is 0 Å². The predicted molar refractivity (Wildman–Crippen MR) is 104 cm³/mol. The molecule has 3 rings (SSSR count). The highest BCUT2D eigenvalue weighted by molar-refractivity contribution is 5.85. The third-order valence-corrected chi connectivity index (χ3v) is 5.17. The fraction of sp³-hybridized carbons (Fsp3) is 0.579. The molecule has 0 aliphatic carbocycles. The van der Waals surface area contributed by atoms with Gasteiger partial charge in [-0.15, -0.1) is 12.4 Å². The van der Waals surface area contributed by atoms with Crippen LogP contribution >= 0.6 is 12.4 Å². The van der Waals surface area contributed by atoms with E-state index in [2.05, 4.69) is 15.5 Å². The molecular formula is C19H29ClN4O2. The number of benzene rings is 1. The molecule has 1 aromatic carbocycles. The lowest BCUT2D eigenvalue weighted by Gasteiger charge is -2.28. The number of halogens is 1. The second-order valence-electron chi connectivity index (χ2n) is 7.00. The standard InChI is InChI=1S/C19H28N4O2.ClH/c1-22(14-15-5-3-2-4-6-15)19(25)21-12-10-18(24)23-16-7-8-17(23)13-20-11-9-16;/h2-6,16-17,20H,7-14H2,1H3,(H,21,25);1H. The number of rotatable bonds is 5. The van der Waals surface area contributed by atoms with Gasteiger partial charge in [0, 0.05) is 45.2 Å². The van der Waals surface area contributed by atoms with Gasteiger partial charge in [0.15, 0.2) is 0 Å². The summed E-state index contributed by atoms with van der Waals surface area (Å²) in [6.45, 7) is 2.84. The molecule has 2 saturated heterocycles. The molecular weight excluding hydrogens is 352 g/mol. The number of fused-ring (bicyclic) bond motifs is 2. The highest BCUT2D eigenvalue weighted by atomic mass is 35.5. The summed E-state index contributed by atoms with van der Waals surface area (Å²) < 4.78 is 0. The minimum Gasteiger partial charge on any atom is -0.337 e. The number of hydrogen-bond acceptors (Lipinski definition) is 3. The van der Waals surface area contributed by atoms with Crippen molar-refractivity contribution >= 4 is 24.3 Å². The molecule has 26 heavy (non-hydrogen) atoms. The number of carbonyl (C=O) groups is 2. The monoisotopic (exact) mass is 380 g/mol. The van der Waals surface area contributed by atoms with Crippen molar-refractivity contribution in [2.24, 2.45) is 0 Å². The van der Waals surface area contributed by atoms with E-state index >= 15 is 0 Å². The van der Waals surface area contributed by atoms with Crippen molar-refractivity contribution in [1.29, 1.82) is 0 Å². The lowest BCUT2D eigenvalue weighted by atomic mass is 10.1. The third kappa shape index (κ3) is 5.11. The maximum Gasteiger partial charge on any atom is 0.317 e. The first-order valence-corrected chi connectivity index (χ1v) is 9.20. The van der Waals surface area contributed by atoms with Gasteiger partial charge in [0.05, 0.1) is 0 Å². The van der Waals surface area contributed by atoms with Crippen molar-refractivity contribution in [1.82, 2.24) is 20.4 Å². The molecule has 2 N–H and O–H groups in total. The summed E-state index contributed by atoms with van der Waals surface area (Å²) >= 11 is 0. The lowest BCUT2D eigenvalue weighted by Crippen LogP contribution is -2.44. The first-order valence-electron chi connectivity index (χ1n) is 9.20. The SMILES string of the molecule is CN(Cc1ccccc1)C(=O)NCCC(=O)N1C2CCNCC1CC2.Cl. The highest BCUT2D eigenvalue weighted by Gasteiger charge is 2.37. The van der Waals surface area contributed by atoms with Gasteiger partial charge in [-0.2, -0.15) is 0 Å². The zero-order chi connectivity index (χ0) is 17.6. The van der Waals surface area contributed by atoms with Gasteiger partial charge in [-0.3, -0.25) is 4.79 Å². The zero-order valence-corrected chi connectivity index (χ0v) is 16.1. The van der Waals surface area contributed by atoms with Crippen LogP contribution in [0.5, 0.6) is 0 Å². The predicted octanol–water partition coefficient (Wildman–Crippen LogP) is 1.99. The fourth-order valence-electron chi connectivity index (χ4n) is 3.86. The summed E-state index contributed by atoms with van der Waals surface area (Å²) in [5.41, 5.74) is 1.09. The highest BCUT2D eigenvalue weighted by Crippen LogP contribution is 2.28. The van der Waals surface area contributed by atoms with Crippen molar-refractivity contribution in [3.63, 3.8) is 0 Å². The second kappa shape index (κ2) is 9.78. The van der Waals surface area contributed by atoms with E-state index in [1.165, 1.54) is 0 Å². The molecule has 6 nitrogen and oxygen atoms in total. The molecule has 2 fully saturated rings. The third-order valence-electron chi connectivity index (χ3n) is 5.17. The Bertz CT molecular complexity index is 584. The molecule has 144 valence electrons. The minimum atomic E-state index is -0.142. The van der Waals surface area contributed by atoms with Gasteiger partial charge < -0.3 is 20.4 Å². The second-order valence-corrected chi connectivity index (χ2v) is 7.00. The van der Waals surface area contributed by atoms with Crippen molar-refractivity contribution in [3.8, 4) is 0 Å². The summed E-state index contributed by atoms with van der Waals surface area (Å²) in [6.07, 6.45) is 3.62. The van der Waals surface area contributed by atoms with Crippen LogP contribution in [0.4, 0.5) is 4.79 Å². The number of nitrogens with one attached hydrogen (secondary N) is 2. The smallest absolute Gasteiger partial charge is 0.317 e. The Morgan fingerprint density at radius 2 is 1.92 bits per heavy atom. The molecule has 2 bridgehead atoms. The van der Waals surface area contributed by atoms with Gasteiger partial charge in [-0.05, 0) is 31.4 Å². The fourth-order valence-corrected chi connectivity index (χ4v) is 3.86. The molecule has 0 spiro atoms. The molecule has 1 aromatic rings. The van der Waals surface area contributed by atoms with E-state index in [0.29, 0.717) is 31.6 Å². The summed E-state index contributed by atoms with van der Waals surface area (Å²) in [7, 11) is 1.77. The molecule has 2 aliphatic heterocycles. The maximum atomic E-state index is 12.6. The Hall–Kier alpha value is -1.79. The quantitative estimate of drug-likeness (QED) is 0.821. The largest absolute Gasteiger partial charge is 0.337 e. The van der Waals surface area contributed by atoms with Gasteiger partial charge in [-0.1, -0.05) is 30.3 Å². The topological polar surface area (TPSA) is 64.7 Å². The molecule has 3 amide bonds. The number of urea groups is 1.